The van der Waals surface area contributed by atoms with Gasteiger partial charge in [-0.3, -0.25) is 9.69 Å². The van der Waals surface area contributed by atoms with Crippen LogP contribution < -0.4 is 10.2 Å². The monoisotopic (exact) mass is 377 g/mol. The van der Waals surface area contributed by atoms with Crippen molar-refractivity contribution in [1.29, 1.82) is 0 Å². The molecule has 132 valence electrons. The summed E-state index contributed by atoms with van der Waals surface area (Å²) in [6, 6.07) is 15.4. The van der Waals surface area contributed by atoms with Crippen molar-refractivity contribution in [3.63, 3.8) is 0 Å². The summed E-state index contributed by atoms with van der Waals surface area (Å²) in [5, 5.41) is 4.37. The fraction of sp³-hybridized carbons (Fsp3) is 0.316. The van der Waals surface area contributed by atoms with Gasteiger partial charge in [-0.05, 0) is 35.9 Å². The fourth-order valence-corrected chi connectivity index (χ4v) is 3.24. The van der Waals surface area contributed by atoms with Crippen LogP contribution in [0.4, 0.5) is 5.69 Å². The number of anilines is 1. The van der Waals surface area contributed by atoms with Crippen molar-refractivity contribution in [3.8, 4) is 0 Å². The van der Waals surface area contributed by atoms with Crippen molar-refractivity contribution in [2.24, 2.45) is 0 Å². The van der Waals surface area contributed by atoms with E-state index in [2.05, 4.69) is 15.1 Å². The van der Waals surface area contributed by atoms with Gasteiger partial charge in [-0.15, -0.1) is 0 Å². The van der Waals surface area contributed by atoms with E-state index in [0.717, 1.165) is 36.8 Å². The number of piperazine rings is 1. The molecule has 1 N–H and O–H groups in total. The first kappa shape index (κ1) is 18.1. The molecule has 0 radical (unpaired) electrons. The third-order valence-electron chi connectivity index (χ3n) is 4.37. The van der Waals surface area contributed by atoms with Crippen molar-refractivity contribution in [2.45, 2.75) is 6.54 Å². The third kappa shape index (κ3) is 5.11. The summed E-state index contributed by atoms with van der Waals surface area (Å²) in [5.41, 5.74) is 2.11. The van der Waals surface area contributed by atoms with E-state index in [1.165, 1.54) is 5.69 Å². The Morgan fingerprint density at radius 2 is 1.64 bits per heavy atom. The smallest absolute Gasteiger partial charge is 0.234 e. The molecule has 0 saturated carbocycles. The van der Waals surface area contributed by atoms with Gasteiger partial charge in [-0.1, -0.05) is 41.4 Å². The minimum absolute atomic E-state index is 0.0277. The maximum atomic E-state index is 12.2. The van der Waals surface area contributed by atoms with Crippen LogP contribution >= 0.6 is 23.2 Å². The number of nitrogens with zero attached hydrogens (tertiary/aromatic N) is 2. The number of nitrogens with one attached hydrogen (secondary N) is 1. The Hall–Kier alpha value is -1.75. The normalized spacial score (nSPS) is 15.2. The number of hydrogen-bond donors (Lipinski definition) is 1. The summed E-state index contributed by atoms with van der Waals surface area (Å²) in [5.74, 6) is 0.0277. The molecule has 1 fully saturated rings. The number of carbonyl (C=O) groups is 1. The molecule has 0 unspecified atom stereocenters. The maximum Gasteiger partial charge on any atom is 0.234 e. The molecule has 0 aromatic heterocycles. The van der Waals surface area contributed by atoms with Crippen LogP contribution in [0.5, 0.6) is 0 Å². The molecule has 3 rings (SSSR count). The summed E-state index contributed by atoms with van der Waals surface area (Å²) >= 11 is 12.0. The quantitative estimate of drug-likeness (QED) is 0.866. The van der Waals surface area contributed by atoms with Crippen molar-refractivity contribution >= 4 is 34.8 Å². The van der Waals surface area contributed by atoms with Crippen molar-refractivity contribution < 1.29 is 4.79 Å². The molecule has 1 aliphatic rings. The highest BCUT2D eigenvalue weighted by atomic mass is 35.5. The topological polar surface area (TPSA) is 35.6 Å². The predicted octanol–water partition coefficient (Wildman–Crippen LogP) is 3.43. The van der Waals surface area contributed by atoms with Gasteiger partial charge in [0.2, 0.25) is 5.91 Å². The molecule has 25 heavy (non-hydrogen) atoms. The Morgan fingerprint density at radius 3 is 2.32 bits per heavy atom. The van der Waals surface area contributed by atoms with Gasteiger partial charge < -0.3 is 10.2 Å². The second-order valence-corrected chi connectivity index (χ2v) is 6.95. The number of benzene rings is 2. The van der Waals surface area contributed by atoms with Crippen LogP contribution in [0.1, 0.15) is 5.56 Å². The molecule has 1 heterocycles. The van der Waals surface area contributed by atoms with E-state index in [0.29, 0.717) is 18.1 Å². The molecule has 2 aromatic carbocycles. The van der Waals surface area contributed by atoms with E-state index < -0.39 is 0 Å². The maximum absolute atomic E-state index is 12.2. The van der Waals surface area contributed by atoms with Crippen LogP contribution in [-0.2, 0) is 11.3 Å². The average molecular weight is 378 g/mol. The zero-order chi connectivity index (χ0) is 17.6. The van der Waals surface area contributed by atoms with Crippen LogP contribution in [0.25, 0.3) is 0 Å². The summed E-state index contributed by atoms with van der Waals surface area (Å²) in [4.78, 5) is 16.6. The van der Waals surface area contributed by atoms with Crippen molar-refractivity contribution in [1.82, 2.24) is 10.2 Å². The Morgan fingerprint density at radius 1 is 0.960 bits per heavy atom. The van der Waals surface area contributed by atoms with E-state index >= 15 is 0 Å². The summed E-state index contributed by atoms with van der Waals surface area (Å²) < 4.78 is 0. The van der Waals surface area contributed by atoms with Crippen LogP contribution in [0.15, 0.2) is 48.5 Å². The number of carbonyl (C=O) groups excluding carboxylic acids is 1. The van der Waals surface area contributed by atoms with Gasteiger partial charge in [0, 0.05) is 48.5 Å². The molecule has 1 amide bonds. The molecule has 2 aromatic rings. The van der Waals surface area contributed by atoms with Crippen LogP contribution in [0.3, 0.4) is 0 Å². The highest BCUT2D eigenvalue weighted by Gasteiger charge is 2.19. The van der Waals surface area contributed by atoms with Crippen LogP contribution in [-0.4, -0.2) is 43.5 Å². The lowest BCUT2D eigenvalue weighted by Gasteiger charge is -2.35. The lowest BCUT2D eigenvalue weighted by Crippen LogP contribution is -2.49. The zero-order valence-corrected chi connectivity index (χ0v) is 15.4. The number of hydrogen-bond acceptors (Lipinski definition) is 3. The molecule has 6 heteroatoms. The van der Waals surface area contributed by atoms with Gasteiger partial charge in [0.1, 0.15) is 0 Å². The predicted molar refractivity (Wildman–Crippen MR) is 103 cm³/mol. The summed E-state index contributed by atoms with van der Waals surface area (Å²) in [6.07, 6.45) is 0. The number of amides is 1. The Balaban J connectivity index is 1.43. The number of rotatable bonds is 5. The molecular formula is C19H21Cl2N3O. The number of halogens is 2. The minimum Gasteiger partial charge on any atom is -0.369 e. The Kier molecular flexibility index (Phi) is 6.19. The highest BCUT2D eigenvalue weighted by Crippen LogP contribution is 2.19. The average Bonchev–Trinajstić information content (AvgIpc) is 2.62. The van der Waals surface area contributed by atoms with Crippen molar-refractivity contribution in [3.05, 3.63) is 64.1 Å². The molecule has 1 aliphatic heterocycles. The SMILES string of the molecule is O=C(CN1CCN(c2ccc(Cl)cc2)CC1)NCc1ccccc1Cl. The second-order valence-electron chi connectivity index (χ2n) is 6.11. The lowest BCUT2D eigenvalue weighted by atomic mass is 10.2. The van der Waals surface area contributed by atoms with Gasteiger partial charge >= 0.3 is 0 Å². The van der Waals surface area contributed by atoms with Crippen molar-refractivity contribution in [2.75, 3.05) is 37.6 Å². The van der Waals surface area contributed by atoms with E-state index in [9.17, 15) is 4.79 Å². The molecule has 0 bridgehead atoms. The first-order valence-corrected chi connectivity index (χ1v) is 9.10. The van der Waals surface area contributed by atoms with Crippen LogP contribution in [0.2, 0.25) is 10.0 Å². The molecule has 0 atom stereocenters. The van der Waals surface area contributed by atoms with E-state index in [1.54, 1.807) is 0 Å². The summed E-state index contributed by atoms with van der Waals surface area (Å²) in [6.45, 7) is 4.41. The highest BCUT2D eigenvalue weighted by molar-refractivity contribution is 6.31. The molecule has 1 saturated heterocycles. The van der Waals surface area contributed by atoms with Crippen LogP contribution in [0, 0.1) is 0 Å². The first-order valence-electron chi connectivity index (χ1n) is 8.35. The molecular weight excluding hydrogens is 357 g/mol. The second kappa shape index (κ2) is 8.56. The van der Waals surface area contributed by atoms with E-state index in [4.69, 9.17) is 23.2 Å². The third-order valence-corrected chi connectivity index (χ3v) is 4.99. The minimum atomic E-state index is 0.0277. The molecule has 4 nitrogen and oxygen atoms in total. The van der Waals surface area contributed by atoms with Gasteiger partial charge in [0.15, 0.2) is 0 Å². The fourth-order valence-electron chi connectivity index (χ4n) is 2.91. The zero-order valence-electron chi connectivity index (χ0n) is 13.9. The van der Waals surface area contributed by atoms with E-state index in [-0.39, 0.29) is 5.91 Å². The van der Waals surface area contributed by atoms with Gasteiger partial charge in [0.25, 0.3) is 0 Å². The van der Waals surface area contributed by atoms with Gasteiger partial charge in [-0.2, -0.15) is 0 Å². The van der Waals surface area contributed by atoms with Gasteiger partial charge in [0.05, 0.1) is 6.54 Å². The molecule has 0 spiro atoms. The standard InChI is InChI=1S/C19H21Cl2N3O/c20-16-5-7-17(8-6-16)24-11-9-23(10-12-24)14-19(25)22-13-15-3-1-2-4-18(15)21/h1-8H,9-14H2,(H,22,25). The Labute approximate surface area is 158 Å². The van der Waals surface area contributed by atoms with E-state index in [1.807, 2.05) is 48.5 Å². The largest absolute Gasteiger partial charge is 0.369 e. The van der Waals surface area contributed by atoms with Gasteiger partial charge in [-0.25, -0.2) is 0 Å². The lowest BCUT2D eigenvalue weighted by molar-refractivity contribution is -0.122. The molecule has 0 aliphatic carbocycles. The Bertz CT molecular complexity index is 713. The first-order chi connectivity index (χ1) is 12.1. The summed E-state index contributed by atoms with van der Waals surface area (Å²) in [7, 11) is 0.